The highest BCUT2D eigenvalue weighted by Gasteiger charge is 2.22. The Morgan fingerprint density at radius 2 is 1.87 bits per heavy atom. The number of anilines is 1. The number of rotatable bonds is 4. The standard InChI is InChI=1S/C20H18ClNO/c1-23-17-8-5-14(6-9-17)12-22-13-16-3-2-4-18-15(11-21)7-10-19(22)20(16)18/h2-10H,11-13H2,1H3. The van der Waals surface area contributed by atoms with Crippen LogP contribution in [0.1, 0.15) is 16.7 Å². The van der Waals surface area contributed by atoms with Crippen molar-refractivity contribution in [2.45, 2.75) is 19.0 Å². The highest BCUT2D eigenvalue weighted by Crippen LogP contribution is 2.40. The summed E-state index contributed by atoms with van der Waals surface area (Å²) < 4.78 is 5.24. The molecule has 1 aliphatic rings. The molecule has 0 saturated heterocycles. The Bertz CT molecular complexity index is 857. The van der Waals surface area contributed by atoms with Crippen molar-refractivity contribution in [2.24, 2.45) is 0 Å². The Balaban J connectivity index is 1.71. The predicted molar refractivity (Wildman–Crippen MR) is 96.4 cm³/mol. The van der Waals surface area contributed by atoms with Gasteiger partial charge in [0.1, 0.15) is 5.75 Å². The summed E-state index contributed by atoms with van der Waals surface area (Å²) in [6.45, 7) is 1.85. The molecule has 2 nitrogen and oxygen atoms in total. The summed E-state index contributed by atoms with van der Waals surface area (Å²) in [7, 11) is 1.70. The van der Waals surface area contributed by atoms with Crippen LogP contribution in [-0.4, -0.2) is 7.11 Å². The van der Waals surface area contributed by atoms with Gasteiger partial charge >= 0.3 is 0 Å². The van der Waals surface area contributed by atoms with E-state index in [-0.39, 0.29) is 0 Å². The first-order chi connectivity index (χ1) is 11.3. The van der Waals surface area contributed by atoms with Gasteiger partial charge in [0.15, 0.2) is 0 Å². The Morgan fingerprint density at radius 1 is 1.04 bits per heavy atom. The van der Waals surface area contributed by atoms with Crippen LogP contribution >= 0.6 is 11.6 Å². The van der Waals surface area contributed by atoms with Crippen LogP contribution < -0.4 is 9.64 Å². The maximum atomic E-state index is 6.10. The lowest BCUT2D eigenvalue weighted by Crippen LogP contribution is -2.17. The fraction of sp³-hybridized carbons (Fsp3) is 0.200. The molecule has 0 aliphatic carbocycles. The summed E-state index contributed by atoms with van der Waals surface area (Å²) in [5, 5.41) is 2.64. The van der Waals surface area contributed by atoms with E-state index < -0.39 is 0 Å². The molecule has 0 N–H and O–H groups in total. The molecule has 0 atom stereocenters. The average molecular weight is 324 g/mol. The first-order valence-corrected chi connectivity index (χ1v) is 8.31. The minimum atomic E-state index is 0.554. The van der Waals surface area contributed by atoms with E-state index in [1.165, 1.54) is 33.2 Å². The summed E-state index contributed by atoms with van der Waals surface area (Å²) in [6.07, 6.45) is 0. The van der Waals surface area contributed by atoms with Crippen LogP contribution in [0.5, 0.6) is 5.75 Å². The fourth-order valence-corrected chi connectivity index (χ4v) is 3.65. The highest BCUT2D eigenvalue weighted by molar-refractivity contribution is 6.18. The van der Waals surface area contributed by atoms with Gasteiger partial charge in [-0.1, -0.05) is 36.4 Å². The lowest BCUT2D eigenvalue weighted by atomic mass is 10.0. The molecule has 0 amide bonds. The maximum Gasteiger partial charge on any atom is 0.118 e. The molecule has 0 unspecified atom stereocenters. The Kier molecular flexibility index (Phi) is 3.62. The Labute approximate surface area is 141 Å². The molecule has 3 aromatic carbocycles. The van der Waals surface area contributed by atoms with Gasteiger partial charge in [0.2, 0.25) is 0 Å². The second-order valence-corrected chi connectivity index (χ2v) is 6.19. The van der Waals surface area contributed by atoms with Crippen molar-refractivity contribution in [2.75, 3.05) is 12.0 Å². The van der Waals surface area contributed by atoms with Gasteiger partial charge in [-0.2, -0.15) is 0 Å². The van der Waals surface area contributed by atoms with Crippen molar-refractivity contribution in [3.05, 3.63) is 71.3 Å². The number of alkyl halides is 1. The summed E-state index contributed by atoms with van der Waals surface area (Å²) in [6, 6.07) is 19.2. The summed E-state index contributed by atoms with van der Waals surface area (Å²) >= 11 is 6.10. The second-order valence-electron chi connectivity index (χ2n) is 5.92. The van der Waals surface area contributed by atoms with E-state index >= 15 is 0 Å². The van der Waals surface area contributed by atoms with Gasteiger partial charge < -0.3 is 9.64 Å². The van der Waals surface area contributed by atoms with Crippen molar-refractivity contribution in [3.8, 4) is 5.75 Å². The van der Waals surface area contributed by atoms with Crippen LogP contribution in [0, 0.1) is 0 Å². The first-order valence-electron chi connectivity index (χ1n) is 7.77. The van der Waals surface area contributed by atoms with Gasteiger partial charge in [-0.15, -0.1) is 11.6 Å². The SMILES string of the molecule is COc1ccc(CN2Cc3cccc4c(CCl)ccc2c34)cc1. The van der Waals surface area contributed by atoms with Crippen molar-refractivity contribution in [3.63, 3.8) is 0 Å². The molecule has 0 aromatic heterocycles. The third-order valence-electron chi connectivity index (χ3n) is 4.57. The average Bonchev–Trinajstić information content (AvgIpc) is 2.95. The van der Waals surface area contributed by atoms with E-state index in [4.69, 9.17) is 16.3 Å². The maximum absolute atomic E-state index is 6.10. The molecule has 3 heteroatoms. The molecule has 23 heavy (non-hydrogen) atoms. The molecule has 4 rings (SSSR count). The van der Waals surface area contributed by atoms with Crippen LogP contribution in [-0.2, 0) is 19.0 Å². The van der Waals surface area contributed by atoms with E-state index in [1.807, 2.05) is 12.1 Å². The van der Waals surface area contributed by atoms with Gasteiger partial charge in [-0.3, -0.25) is 0 Å². The Morgan fingerprint density at radius 3 is 2.61 bits per heavy atom. The highest BCUT2D eigenvalue weighted by atomic mass is 35.5. The largest absolute Gasteiger partial charge is 0.497 e. The van der Waals surface area contributed by atoms with E-state index in [2.05, 4.69) is 47.4 Å². The van der Waals surface area contributed by atoms with Crippen LogP contribution in [0.3, 0.4) is 0 Å². The smallest absolute Gasteiger partial charge is 0.118 e. The third-order valence-corrected chi connectivity index (χ3v) is 4.86. The molecule has 1 heterocycles. The van der Waals surface area contributed by atoms with Gasteiger partial charge in [-0.05, 0) is 40.3 Å². The van der Waals surface area contributed by atoms with Crippen LogP contribution in [0.25, 0.3) is 10.8 Å². The molecule has 0 saturated carbocycles. The van der Waals surface area contributed by atoms with Crippen molar-refractivity contribution in [1.82, 2.24) is 0 Å². The van der Waals surface area contributed by atoms with E-state index in [1.54, 1.807) is 7.11 Å². The molecule has 0 radical (unpaired) electrons. The number of hydrogen-bond donors (Lipinski definition) is 0. The zero-order valence-corrected chi connectivity index (χ0v) is 13.8. The Hall–Kier alpha value is -2.19. The molecule has 0 bridgehead atoms. The minimum absolute atomic E-state index is 0.554. The number of nitrogens with zero attached hydrogens (tertiary/aromatic N) is 1. The van der Waals surface area contributed by atoms with Crippen LogP contribution in [0.4, 0.5) is 5.69 Å². The monoisotopic (exact) mass is 323 g/mol. The molecule has 0 spiro atoms. The van der Waals surface area contributed by atoms with Gasteiger partial charge in [0, 0.05) is 30.0 Å². The van der Waals surface area contributed by atoms with Gasteiger partial charge in [-0.25, -0.2) is 0 Å². The zero-order chi connectivity index (χ0) is 15.8. The van der Waals surface area contributed by atoms with E-state index in [9.17, 15) is 0 Å². The van der Waals surface area contributed by atoms with Gasteiger partial charge in [0.25, 0.3) is 0 Å². The van der Waals surface area contributed by atoms with Crippen molar-refractivity contribution in [1.29, 1.82) is 0 Å². The summed E-state index contributed by atoms with van der Waals surface area (Å²) in [4.78, 5) is 2.43. The molecule has 0 fully saturated rings. The summed E-state index contributed by atoms with van der Waals surface area (Å²) in [5.74, 6) is 1.45. The lowest BCUT2D eigenvalue weighted by Gasteiger charge is -2.20. The fourth-order valence-electron chi connectivity index (χ4n) is 3.42. The molecule has 116 valence electrons. The topological polar surface area (TPSA) is 12.5 Å². The third kappa shape index (κ3) is 2.43. The van der Waals surface area contributed by atoms with Crippen molar-refractivity contribution < 1.29 is 4.74 Å². The molecular formula is C20H18ClNO. The number of benzene rings is 3. The molecule has 1 aliphatic heterocycles. The quantitative estimate of drug-likeness (QED) is 0.619. The van der Waals surface area contributed by atoms with E-state index in [0.717, 1.165) is 18.8 Å². The predicted octanol–water partition coefficient (Wildman–Crippen LogP) is 5.11. The first kappa shape index (κ1) is 14.4. The number of ether oxygens (including phenoxy) is 1. The second kappa shape index (κ2) is 5.78. The molecular weight excluding hydrogens is 306 g/mol. The van der Waals surface area contributed by atoms with Crippen LogP contribution in [0.15, 0.2) is 54.6 Å². The van der Waals surface area contributed by atoms with E-state index in [0.29, 0.717) is 5.88 Å². The normalized spacial score (nSPS) is 12.9. The summed E-state index contributed by atoms with van der Waals surface area (Å²) in [5.41, 5.74) is 5.19. The number of halogens is 1. The van der Waals surface area contributed by atoms with Crippen LogP contribution in [0.2, 0.25) is 0 Å². The minimum Gasteiger partial charge on any atom is -0.497 e. The number of hydrogen-bond acceptors (Lipinski definition) is 2. The van der Waals surface area contributed by atoms with Gasteiger partial charge in [0.05, 0.1) is 7.11 Å². The lowest BCUT2D eigenvalue weighted by molar-refractivity contribution is 0.414. The molecule has 3 aromatic rings. The van der Waals surface area contributed by atoms with Crippen molar-refractivity contribution >= 4 is 28.1 Å². The zero-order valence-electron chi connectivity index (χ0n) is 13.1. The number of methoxy groups -OCH3 is 1.